The Morgan fingerprint density at radius 1 is 1.47 bits per heavy atom. The Balaban J connectivity index is 2.89. The minimum Gasteiger partial charge on any atom is -0.478 e. The first-order valence-electron chi connectivity index (χ1n) is 5.48. The molecule has 1 aromatic rings. The number of sulfonamides is 1. The fraction of sp³-hybridized carbons (Fsp3) is 0.364. The molecule has 0 saturated heterocycles. The Labute approximate surface area is 110 Å². The lowest BCUT2D eigenvalue weighted by atomic mass is 10.2. The van der Waals surface area contributed by atoms with E-state index in [0.717, 1.165) is 18.2 Å². The van der Waals surface area contributed by atoms with Crippen LogP contribution < -0.4 is 4.72 Å². The van der Waals surface area contributed by atoms with Gasteiger partial charge in [-0.25, -0.2) is 22.3 Å². The van der Waals surface area contributed by atoms with E-state index < -0.39 is 27.4 Å². The first-order valence-corrected chi connectivity index (χ1v) is 6.97. The van der Waals surface area contributed by atoms with Crippen LogP contribution in [0.5, 0.6) is 0 Å². The zero-order valence-corrected chi connectivity index (χ0v) is 11.0. The number of hydrogen-bond donors (Lipinski definition) is 2. The quantitative estimate of drug-likeness (QED) is 0.726. The summed E-state index contributed by atoms with van der Waals surface area (Å²) in [5.41, 5.74) is -0.687. The summed E-state index contributed by atoms with van der Waals surface area (Å²) in [6, 6.07) is 2.59. The number of hydrogen-bond acceptors (Lipinski definition) is 4. The van der Waals surface area contributed by atoms with Gasteiger partial charge in [0.2, 0.25) is 10.0 Å². The molecule has 0 aliphatic heterocycles. The summed E-state index contributed by atoms with van der Waals surface area (Å²) < 4.78 is 43.9. The zero-order chi connectivity index (χ0) is 14.5. The van der Waals surface area contributed by atoms with Crippen molar-refractivity contribution < 1.29 is 27.4 Å². The molecule has 0 aromatic heterocycles. The van der Waals surface area contributed by atoms with Crippen molar-refractivity contribution in [1.82, 2.24) is 4.72 Å². The second-order valence-corrected chi connectivity index (χ2v) is 5.31. The molecule has 0 saturated carbocycles. The first kappa shape index (κ1) is 15.5. The van der Waals surface area contributed by atoms with E-state index in [4.69, 9.17) is 9.84 Å². The molecule has 6 nitrogen and oxygen atoms in total. The SMILES string of the molecule is CCOCCNS(=O)(=O)c1ccc(F)c(C(=O)O)c1. The summed E-state index contributed by atoms with van der Waals surface area (Å²) in [5, 5.41) is 8.73. The van der Waals surface area contributed by atoms with Crippen molar-refractivity contribution >= 4 is 16.0 Å². The summed E-state index contributed by atoms with van der Waals surface area (Å²) >= 11 is 0. The van der Waals surface area contributed by atoms with E-state index in [1.54, 1.807) is 6.92 Å². The minimum atomic E-state index is -3.87. The van der Waals surface area contributed by atoms with Gasteiger partial charge in [0.1, 0.15) is 5.82 Å². The summed E-state index contributed by atoms with van der Waals surface area (Å²) in [6.45, 7) is 2.48. The van der Waals surface area contributed by atoms with Crippen molar-refractivity contribution in [2.24, 2.45) is 0 Å². The molecule has 0 aliphatic carbocycles. The molecule has 0 aliphatic rings. The number of aromatic carboxylic acids is 1. The fourth-order valence-electron chi connectivity index (χ4n) is 1.31. The van der Waals surface area contributed by atoms with Gasteiger partial charge in [0.25, 0.3) is 0 Å². The molecule has 0 bridgehead atoms. The van der Waals surface area contributed by atoms with Gasteiger partial charge in [0, 0.05) is 13.2 Å². The predicted molar refractivity (Wildman–Crippen MR) is 65.0 cm³/mol. The zero-order valence-electron chi connectivity index (χ0n) is 10.2. The van der Waals surface area contributed by atoms with Gasteiger partial charge in [-0.05, 0) is 25.1 Å². The van der Waals surface area contributed by atoms with E-state index in [1.807, 2.05) is 0 Å². The lowest BCUT2D eigenvalue weighted by Crippen LogP contribution is -2.27. The van der Waals surface area contributed by atoms with Crippen molar-refractivity contribution in [3.63, 3.8) is 0 Å². The summed E-state index contributed by atoms with van der Waals surface area (Å²) in [5.74, 6) is -2.51. The molecule has 1 rings (SSSR count). The van der Waals surface area contributed by atoms with E-state index in [0.29, 0.717) is 6.61 Å². The third kappa shape index (κ3) is 4.27. The molecular weight excluding hydrogens is 277 g/mol. The minimum absolute atomic E-state index is 0.0515. The topological polar surface area (TPSA) is 92.7 Å². The van der Waals surface area contributed by atoms with Crippen LogP contribution in [0, 0.1) is 5.82 Å². The van der Waals surface area contributed by atoms with Crippen molar-refractivity contribution in [2.75, 3.05) is 19.8 Å². The second kappa shape index (κ2) is 6.60. The molecule has 0 radical (unpaired) electrons. The van der Waals surface area contributed by atoms with Crippen molar-refractivity contribution in [3.05, 3.63) is 29.6 Å². The molecular formula is C11H14FNO5S. The third-order valence-electron chi connectivity index (χ3n) is 2.22. The van der Waals surface area contributed by atoms with Crippen LogP contribution in [0.25, 0.3) is 0 Å². The molecule has 0 amide bonds. The molecule has 2 N–H and O–H groups in total. The predicted octanol–water partition coefficient (Wildman–Crippen LogP) is 0.839. The molecule has 8 heteroatoms. The molecule has 1 aromatic carbocycles. The van der Waals surface area contributed by atoms with Crippen LogP contribution in [0.4, 0.5) is 4.39 Å². The van der Waals surface area contributed by atoms with Crippen LogP contribution in [0.15, 0.2) is 23.1 Å². The van der Waals surface area contributed by atoms with Crippen LogP contribution in [-0.4, -0.2) is 39.3 Å². The highest BCUT2D eigenvalue weighted by atomic mass is 32.2. The average Bonchev–Trinajstić information content (AvgIpc) is 2.34. The highest BCUT2D eigenvalue weighted by molar-refractivity contribution is 7.89. The molecule has 0 spiro atoms. The highest BCUT2D eigenvalue weighted by Gasteiger charge is 2.18. The van der Waals surface area contributed by atoms with Gasteiger partial charge in [-0.1, -0.05) is 0 Å². The van der Waals surface area contributed by atoms with E-state index in [-0.39, 0.29) is 18.0 Å². The normalized spacial score (nSPS) is 11.5. The Morgan fingerprint density at radius 3 is 2.74 bits per heavy atom. The first-order chi connectivity index (χ1) is 8.88. The second-order valence-electron chi connectivity index (χ2n) is 3.54. The van der Waals surface area contributed by atoms with Crippen LogP contribution in [0.2, 0.25) is 0 Å². The Morgan fingerprint density at radius 2 is 2.16 bits per heavy atom. The van der Waals surface area contributed by atoms with Crippen LogP contribution >= 0.6 is 0 Å². The van der Waals surface area contributed by atoms with Gasteiger partial charge in [-0.3, -0.25) is 0 Å². The van der Waals surface area contributed by atoms with Crippen LogP contribution in [-0.2, 0) is 14.8 Å². The lowest BCUT2D eigenvalue weighted by Gasteiger charge is -2.07. The summed E-state index contributed by atoms with van der Waals surface area (Å²) in [7, 11) is -3.87. The maximum absolute atomic E-state index is 13.1. The Hall–Kier alpha value is -1.51. The van der Waals surface area contributed by atoms with Gasteiger partial charge in [-0.2, -0.15) is 0 Å². The molecule has 19 heavy (non-hydrogen) atoms. The maximum Gasteiger partial charge on any atom is 0.338 e. The molecule has 0 atom stereocenters. The Bertz CT molecular complexity index is 558. The number of rotatable bonds is 7. The van der Waals surface area contributed by atoms with E-state index >= 15 is 0 Å². The number of halogens is 1. The van der Waals surface area contributed by atoms with Gasteiger partial charge in [-0.15, -0.1) is 0 Å². The number of nitrogens with one attached hydrogen (secondary N) is 1. The number of carbonyl (C=O) groups is 1. The summed E-state index contributed by atoms with van der Waals surface area (Å²) in [6.07, 6.45) is 0. The number of carboxylic acid groups (broad SMARTS) is 1. The van der Waals surface area contributed by atoms with E-state index in [2.05, 4.69) is 4.72 Å². The maximum atomic E-state index is 13.1. The lowest BCUT2D eigenvalue weighted by molar-refractivity contribution is 0.0691. The van der Waals surface area contributed by atoms with E-state index in [1.165, 1.54) is 0 Å². The van der Waals surface area contributed by atoms with Crippen molar-refractivity contribution in [3.8, 4) is 0 Å². The number of ether oxygens (including phenoxy) is 1. The number of benzene rings is 1. The van der Waals surface area contributed by atoms with E-state index in [9.17, 15) is 17.6 Å². The fourth-order valence-corrected chi connectivity index (χ4v) is 2.35. The number of carboxylic acids is 1. The molecule has 0 heterocycles. The largest absolute Gasteiger partial charge is 0.478 e. The van der Waals surface area contributed by atoms with Gasteiger partial charge >= 0.3 is 5.97 Å². The van der Waals surface area contributed by atoms with Crippen molar-refractivity contribution in [1.29, 1.82) is 0 Å². The van der Waals surface area contributed by atoms with Crippen LogP contribution in [0.1, 0.15) is 17.3 Å². The van der Waals surface area contributed by atoms with Crippen molar-refractivity contribution in [2.45, 2.75) is 11.8 Å². The van der Waals surface area contributed by atoms with Gasteiger partial charge < -0.3 is 9.84 Å². The van der Waals surface area contributed by atoms with Gasteiger partial charge in [0.05, 0.1) is 17.1 Å². The summed E-state index contributed by atoms with van der Waals surface area (Å²) in [4.78, 5) is 10.4. The average molecular weight is 291 g/mol. The molecule has 0 fully saturated rings. The Kier molecular flexibility index (Phi) is 5.40. The third-order valence-corrected chi connectivity index (χ3v) is 3.68. The highest BCUT2D eigenvalue weighted by Crippen LogP contribution is 2.15. The standard InChI is InChI=1S/C11H14FNO5S/c1-2-18-6-5-13-19(16,17)8-3-4-10(12)9(7-8)11(14)15/h3-4,7,13H,2,5-6H2,1H3,(H,14,15). The van der Waals surface area contributed by atoms with Gasteiger partial charge in [0.15, 0.2) is 0 Å². The molecule has 0 unspecified atom stereocenters. The molecule has 106 valence electrons. The smallest absolute Gasteiger partial charge is 0.338 e. The monoisotopic (exact) mass is 291 g/mol. The van der Waals surface area contributed by atoms with Crippen LogP contribution in [0.3, 0.4) is 0 Å².